The highest BCUT2D eigenvalue weighted by molar-refractivity contribution is 6.31. The van der Waals surface area contributed by atoms with Gasteiger partial charge in [0, 0.05) is 101 Å². The Balaban J connectivity index is 0.000000197. The number of nitrogens with one attached hydrogen (secondary N) is 3. The van der Waals surface area contributed by atoms with Crippen LogP contribution in [0.4, 0.5) is 0 Å². The van der Waals surface area contributed by atoms with Crippen LogP contribution in [0.25, 0.3) is 33.4 Å². The number of piperidine rings is 3. The van der Waals surface area contributed by atoms with Crippen molar-refractivity contribution in [3.8, 4) is 39.1 Å². The average molecular weight is 1150 g/mol. The first-order valence-corrected chi connectivity index (χ1v) is 29.7. The largest absolute Gasteiger partial charge is 0.497 e. The van der Waals surface area contributed by atoms with Crippen LogP contribution in [0.5, 0.6) is 5.75 Å². The van der Waals surface area contributed by atoms with Crippen molar-refractivity contribution < 1.29 is 19.1 Å². The molecule has 0 unspecified atom stereocenters. The van der Waals surface area contributed by atoms with Gasteiger partial charge in [-0.05, 0) is 232 Å². The molecule has 0 atom stereocenters. The van der Waals surface area contributed by atoms with Crippen LogP contribution in [0.2, 0.25) is 10.0 Å². The van der Waals surface area contributed by atoms with E-state index in [1.165, 1.54) is 0 Å². The monoisotopic (exact) mass is 1150 g/mol. The van der Waals surface area contributed by atoms with E-state index in [0.29, 0.717) is 21.7 Å². The zero-order chi connectivity index (χ0) is 58.6. The summed E-state index contributed by atoms with van der Waals surface area (Å²) in [6.07, 6.45) is 5.99. The Morgan fingerprint density at radius 1 is 0.439 bits per heavy atom. The minimum atomic E-state index is 0. The molecule has 0 aliphatic carbocycles. The van der Waals surface area contributed by atoms with Crippen LogP contribution in [0.1, 0.15) is 150 Å². The number of aryl methyl sites for hydroxylation is 2. The number of nitrogens with zero attached hydrogens (tertiary/aromatic N) is 3. The van der Waals surface area contributed by atoms with E-state index in [9.17, 15) is 14.4 Å². The van der Waals surface area contributed by atoms with Crippen molar-refractivity contribution in [3.05, 3.63) is 171 Å². The van der Waals surface area contributed by atoms with Gasteiger partial charge < -0.3 is 20.7 Å². The van der Waals surface area contributed by atoms with Crippen LogP contribution in [0.15, 0.2) is 133 Å². The number of amides is 3. The Morgan fingerprint density at radius 3 is 1.12 bits per heavy atom. The lowest BCUT2D eigenvalue weighted by atomic mass is 9.97. The summed E-state index contributed by atoms with van der Waals surface area (Å²) in [7, 11) is 1.66. The molecule has 0 bridgehead atoms. The van der Waals surface area contributed by atoms with E-state index in [2.05, 4.69) is 105 Å². The predicted octanol–water partition coefficient (Wildman–Crippen LogP) is 15.6. The van der Waals surface area contributed by atoms with Gasteiger partial charge in [0.25, 0.3) is 17.7 Å². The van der Waals surface area contributed by atoms with Crippen molar-refractivity contribution in [1.29, 1.82) is 0 Å². The number of carbonyl (C=O) groups is 3. The van der Waals surface area contributed by atoms with E-state index in [-0.39, 0.29) is 59.9 Å². The van der Waals surface area contributed by atoms with Crippen molar-refractivity contribution >= 4 is 40.9 Å². The molecule has 9 rings (SSSR count). The van der Waals surface area contributed by atoms with Gasteiger partial charge in [-0.3, -0.25) is 29.1 Å². The van der Waals surface area contributed by atoms with Gasteiger partial charge in [-0.2, -0.15) is 0 Å². The highest BCUT2D eigenvalue weighted by atomic mass is 35.5. The number of methoxy groups -OCH3 is 1. The zero-order valence-corrected chi connectivity index (χ0v) is 51.7. The first-order chi connectivity index (χ1) is 38.3. The maximum atomic E-state index is 12.8. The Kier molecular flexibility index (Phi) is 23.0. The lowest BCUT2D eigenvalue weighted by Crippen LogP contribution is -2.50. The van der Waals surface area contributed by atoms with Crippen LogP contribution in [-0.4, -0.2) is 114 Å². The number of likely N-dealkylation sites (tertiary alicyclic amines) is 3. The molecule has 12 heteroatoms. The lowest BCUT2D eigenvalue weighted by molar-refractivity contribution is 0.0803. The van der Waals surface area contributed by atoms with E-state index in [0.717, 1.165) is 133 Å². The topological polar surface area (TPSA) is 106 Å². The number of hydrogen-bond donors (Lipinski definition) is 3. The van der Waals surface area contributed by atoms with Crippen LogP contribution < -0.4 is 20.7 Å². The fourth-order valence-electron chi connectivity index (χ4n) is 10.9. The second kappa shape index (κ2) is 29.0. The minimum Gasteiger partial charge on any atom is -0.497 e. The number of halogens is 2. The SMILES string of the molecule is C.COc1ccc(-c2cccc(C(=O)NC3CCN(C(C)(C)C)CC3)c2)cc1.Cc1cc(-c2cccc(C(=O)NC3CCN(C(C)(C)C)CC3)c2)ccc1Cl.Cc1cc(Cl)cc(-c2cccc(C(=O)NC3CCN(C(C)(C)C)CC3)c2)c1. The minimum absolute atomic E-state index is 0. The second-order valence-corrected chi connectivity index (χ2v) is 26.0. The summed E-state index contributed by atoms with van der Waals surface area (Å²) in [5.41, 5.74) is 11.1. The molecule has 6 aromatic carbocycles. The first kappa shape index (κ1) is 65.1. The Labute approximate surface area is 501 Å². The fraction of sp³-hybridized carbons (Fsp3) is 0.443. The number of rotatable bonds is 10. The van der Waals surface area contributed by atoms with Crippen molar-refractivity contribution in [2.45, 2.75) is 157 Å². The highest BCUT2D eigenvalue weighted by Gasteiger charge is 2.30. The Hall–Kier alpha value is -6.01. The van der Waals surface area contributed by atoms with Crippen LogP contribution in [0, 0.1) is 13.8 Å². The van der Waals surface area contributed by atoms with Gasteiger partial charge in [0.2, 0.25) is 0 Å². The molecule has 3 amide bonds. The molecule has 0 saturated carbocycles. The molecule has 0 aromatic heterocycles. The van der Waals surface area contributed by atoms with Crippen LogP contribution in [-0.2, 0) is 0 Å². The summed E-state index contributed by atoms with van der Waals surface area (Å²) in [5, 5.41) is 11.1. The summed E-state index contributed by atoms with van der Waals surface area (Å²) in [6.45, 7) is 30.4. The van der Waals surface area contributed by atoms with E-state index in [1.54, 1.807) is 7.11 Å². The van der Waals surface area contributed by atoms with Gasteiger partial charge in [0.1, 0.15) is 5.75 Å². The van der Waals surface area contributed by atoms with E-state index < -0.39 is 0 Å². The molecule has 6 aromatic rings. The first-order valence-electron chi connectivity index (χ1n) is 29.0. The van der Waals surface area contributed by atoms with Gasteiger partial charge in [0.05, 0.1) is 7.11 Å². The van der Waals surface area contributed by atoms with E-state index in [4.69, 9.17) is 27.9 Å². The molecule has 3 saturated heterocycles. The third-order valence-electron chi connectivity index (χ3n) is 16.0. The maximum absolute atomic E-state index is 12.8. The smallest absolute Gasteiger partial charge is 0.251 e. The molecule has 3 N–H and O–H groups in total. The molecule has 0 radical (unpaired) electrons. The molecular formula is C70H92Cl2N6O4. The Bertz CT molecular complexity index is 3040. The normalized spacial score (nSPS) is 16.1. The summed E-state index contributed by atoms with van der Waals surface area (Å²) >= 11 is 12.3. The van der Waals surface area contributed by atoms with Crippen LogP contribution in [0.3, 0.4) is 0 Å². The number of hydrogen-bond acceptors (Lipinski definition) is 7. The Morgan fingerprint density at radius 2 is 0.780 bits per heavy atom. The van der Waals surface area contributed by atoms with Gasteiger partial charge in [-0.25, -0.2) is 0 Å². The standard InChI is InChI=1S/2C23H29ClN2O.C23H30N2O2.CH4/c1-16-12-19(15-20(24)13-16)17-6-5-7-18(14-17)22(27)25-21-8-10-26(11-9-21)23(2,3)4;1-16-14-18(8-9-21(16)24)17-6-5-7-19(15-17)22(27)25-20-10-12-26(13-11-20)23(2,3)4;1-23(2,3)25-14-12-20(13-15-25)24-22(26)19-7-5-6-18(16-19)17-8-10-21(27-4)11-9-17;/h5-7,12-15,21H,8-11H2,1-4H3,(H,25,27);5-9,14-15,20H,10-13H2,1-4H3,(H,25,27);5-11,16,20H,12-15H2,1-4H3,(H,24,26);1H4. The highest BCUT2D eigenvalue weighted by Crippen LogP contribution is 2.30. The van der Waals surface area contributed by atoms with Crippen molar-refractivity contribution in [3.63, 3.8) is 0 Å². The fourth-order valence-corrected chi connectivity index (χ4v) is 11.3. The lowest BCUT2D eigenvalue weighted by Gasteiger charge is -2.41. The van der Waals surface area contributed by atoms with E-state index >= 15 is 0 Å². The molecule has 0 spiro atoms. The third kappa shape index (κ3) is 18.8. The van der Waals surface area contributed by atoms with Crippen molar-refractivity contribution in [1.82, 2.24) is 30.7 Å². The number of carbonyl (C=O) groups excluding carboxylic acids is 3. The molecule has 3 heterocycles. The third-order valence-corrected chi connectivity index (χ3v) is 16.6. The van der Waals surface area contributed by atoms with Gasteiger partial charge in [-0.15, -0.1) is 0 Å². The van der Waals surface area contributed by atoms with Gasteiger partial charge in [0.15, 0.2) is 0 Å². The van der Waals surface area contributed by atoms with Crippen molar-refractivity contribution in [2.24, 2.45) is 0 Å². The molecule has 3 fully saturated rings. The molecule has 82 heavy (non-hydrogen) atoms. The zero-order valence-electron chi connectivity index (χ0n) is 50.1. The number of ether oxygens (including phenoxy) is 1. The summed E-state index contributed by atoms with van der Waals surface area (Å²) in [5.74, 6) is 0.857. The summed E-state index contributed by atoms with van der Waals surface area (Å²) in [6, 6.07) is 44.0. The molecule has 440 valence electrons. The molecule has 10 nitrogen and oxygen atoms in total. The maximum Gasteiger partial charge on any atom is 0.251 e. The average Bonchev–Trinajstić information content (AvgIpc) is 3.59. The van der Waals surface area contributed by atoms with Gasteiger partial charge >= 0.3 is 0 Å². The van der Waals surface area contributed by atoms with Crippen molar-refractivity contribution in [2.75, 3.05) is 46.4 Å². The summed E-state index contributed by atoms with van der Waals surface area (Å²) in [4.78, 5) is 45.7. The summed E-state index contributed by atoms with van der Waals surface area (Å²) < 4.78 is 5.21. The van der Waals surface area contributed by atoms with Crippen LogP contribution >= 0.6 is 23.2 Å². The molecular weight excluding hydrogens is 1060 g/mol. The molecule has 3 aliphatic rings. The van der Waals surface area contributed by atoms with Gasteiger partial charge in [-0.1, -0.05) is 91.3 Å². The molecule has 3 aliphatic heterocycles. The number of benzene rings is 6. The quantitative estimate of drug-likeness (QED) is 0.125. The predicted molar refractivity (Wildman–Crippen MR) is 344 cm³/mol. The van der Waals surface area contributed by atoms with E-state index in [1.807, 2.05) is 135 Å². The second-order valence-electron chi connectivity index (χ2n) is 25.2.